The van der Waals surface area contributed by atoms with E-state index in [1.54, 1.807) is 24.4 Å². The minimum Gasteiger partial charge on any atom is -0.491 e. The predicted octanol–water partition coefficient (Wildman–Crippen LogP) is 4.19. The summed E-state index contributed by atoms with van der Waals surface area (Å²) in [6.45, 7) is 0.957. The lowest BCUT2D eigenvalue weighted by Crippen LogP contribution is -2.05. The topological polar surface area (TPSA) is 49.7 Å². The third-order valence-electron chi connectivity index (χ3n) is 4.47. The second-order valence-electron chi connectivity index (χ2n) is 6.34. The molecule has 7 heteroatoms. The minimum atomic E-state index is -0.662. The molecule has 0 amide bonds. The number of benzene rings is 2. The van der Waals surface area contributed by atoms with Gasteiger partial charge in [0.25, 0.3) is 0 Å². The fourth-order valence-corrected chi connectivity index (χ4v) is 3.25. The molecule has 0 unspecified atom stereocenters. The number of fused-ring (bicyclic) bond motifs is 3. The molecule has 0 atom stereocenters. The first-order chi connectivity index (χ1) is 13.5. The van der Waals surface area contributed by atoms with Gasteiger partial charge in [0.05, 0.1) is 30.5 Å². The van der Waals surface area contributed by atoms with Crippen LogP contribution in [-0.2, 0) is 17.9 Å². The molecule has 0 saturated carbocycles. The summed E-state index contributed by atoms with van der Waals surface area (Å²) < 4.78 is 45.2. The number of methoxy groups -OCH3 is 1. The number of carbonyl (C=O) groups is 1. The SMILES string of the molecule is COC(=O)c1cc2n(c1)CCOc1cccc(OCc3cc(F)cc(F)c3)c1-2. The molecule has 4 rings (SSSR count). The van der Waals surface area contributed by atoms with E-state index in [2.05, 4.69) is 0 Å². The monoisotopic (exact) mass is 385 g/mol. The van der Waals surface area contributed by atoms with Crippen LogP contribution in [0.3, 0.4) is 0 Å². The van der Waals surface area contributed by atoms with Crippen LogP contribution in [0.2, 0.25) is 0 Å². The molecule has 1 aliphatic heterocycles. The highest BCUT2D eigenvalue weighted by Gasteiger charge is 2.23. The van der Waals surface area contributed by atoms with Crippen molar-refractivity contribution in [2.45, 2.75) is 13.2 Å². The maximum Gasteiger partial charge on any atom is 0.339 e. The van der Waals surface area contributed by atoms with E-state index in [4.69, 9.17) is 14.2 Å². The Kier molecular flexibility index (Phi) is 4.73. The van der Waals surface area contributed by atoms with E-state index in [0.717, 1.165) is 11.8 Å². The van der Waals surface area contributed by atoms with Crippen LogP contribution in [0.25, 0.3) is 11.3 Å². The van der Waals surface area contributed by atoms with Gasteiger partial charge in [-0.1, -0.05) is 6.07 Å². The quantitative estimate of drug-likeness (QED) is 0.632. The van der Waals surface area contributed by atoms with Crippen LogP contribution in [-0.4, -0.2) is 24.3 Å². The van der Waals surface area contributed by atoms with Gasteiger partial charge in [-0.05, 0) is 35.9 Å². The van der Waals surface area contributed by atoms with Gasteiger partial charge in [0.15, 0.2) is 0 Å². The van der Waals surface area contributed by atoms with Crippen molar-refractivity contribution in [3.05, 3.63) is 71.4 Å². The Morgan fingerprint density at radius 3 is 2.71 bits per heavy atom. The molecule has 28 heavy (non-hydrogen) atoms. The summed E-state index contributed by atoms with van der Waals surface area (Å²) in [6.07, 6.45) is 1.71. The summed E-state index contributed by atoms with van der Waals surface area (Å²) in [6, 6.07) is 10.3. The lowest BCUT2D eigenvalue weighted by molar-refractivity contribution is 0.0600. The average molecular weight is 385 g/mol. The first-order valence-corrected chi connectivity index (χ1v) is 8.67. The average Bonchev–Trinajstić information content (AvgIpc) is 3.01. The fraction of sp³-hybridized carbons (Fsp3) is 0.190. The zero-order valence-electron chi connectivity index (χ0n) is 15.1. The first kappa shape index (κ1) is 18.0. The van der Waals surface area contributed by atoms with Crippen LogP contribution in [0.5, 0.6) is 11.5 Å². The zero-order valence-corrected chi connectivity index (χ0v) is 15.1. The van der Waals surface area contributed by atoms with Crippen molar-refractivity contribution >= 4 is 5.97 Å². The second kappa shape index (κ2) is 7.34. The summed E-state index contributed by atoms with van der Waals surface area (Å²) >= 11 is 0. The number of ether oxygens (including phenoxy) is 3. The highest BCUT2D eigenvalue weighted by Crippen LogP contribution is 2.41. The van der Waals surface area contributed by atoms with Gasteiger partial charge in [-0.15, -0.1) is 0 Å². The van der Waals surface area contributed by atoms with Gasteiger partial charge < -0.3 is 18.8 Å². The molecule has 0 saturated heterocycles. The van der Waals surface area contributed by atoms with Crippen molar-refractivity contribution < 1.29 is 27.8 Å². The number of halogens is 2. The molecule has 0 aliphatic carbocycles. The summed E-state index contributed by atoms with van der Waals surface area (Å²) in [5.74, 6) is -0.663. The van der Waals surface area contributed by atoms with Gasteiger partial charge in [-0.25, -0.2) is 13.6 Å². The predicted molar refractivity (Wildman–Crippen MR) is 97.4 cm³/mol. The Bertz CT molecular complexity index is 1020. The van der Waals surface area contributed by atoms with E-state index < -0.39 is 17.6 Å². The van der Waals surface area contributed by atoms with Crippen molar-refractivity contribution in [2.24, 2.45) is 0 Å². The van der Waals surface area contributed by atoms with Gasteiger partial charge in [-0.3, -0.25) is 0 Å². The van der Waals surface area contributed by atoms with Crippen molar-refractivity contribution in [3.63, 3.8) is 0 Å². The molecule has 0 spiro atoms. The van der Waals surface area contributed by atoms with E-state index in [1.807, 2.05) is 10.6 Å². The van der Waals surface area contributed by atoms with E-state index >= 15 is 0 Å². The van der Waals surface area contributed by atoms with Gasteiger partial charge in [-0.2, -0.15) is 0 Å². The number of carbonyl (C=O) groups excluding carboxylic acids is 1. The fourth-order valence-electron chi connectivity index (χ4n) is 3.25. The lowest BCUT2D eigenvalue weighted by atomic mass is 10.1. The molecule has 0 bridgehead atoms. The van der Waals surface area contributed by atoms with Gasteiger partial charge >= 0.3 is 5.97 Å². The number of hydrogen-bond acceptors (Lipinski definition) is 4. The van der Waals surface area contributed by atoms with Crippen LogP contribution in [0.15, 0.2) is 48.7 Å². The van der Waals surface area contributed by atoms with Crippen LogP contribution in [0, 0.1) is 11.6 Å². The third kappa shape index (κ3) is 3.43. The number of esters is 1. The molecule has 5 nitrogen and oxygen atoms in total. The molecule has 1 aromatic heterocycles. The number of aromatic nitrogens is 1. The van der Waals surface area contributed by atoms with Crippen molar-refractivity contribution in [2.75, 3.05) is 13.7 Å². The molecule has 3 aromatic rings. The molecule has 2 aromatic carbocycles. The lowest BCUT2D eigenvalue weighted by Gasteiger charge is -2.14. The van der Waals surface area contributed by atoms with Crippen molar-refractivity contribution in [1.29, 1.82) is 0 Å². The van der Waals surface area contributed by atoms with Crippen LogP contribution >= 0.6 is 0 Å². The molecule has 2 heterocycles. The van der Waals surface area contributed by atoms with Crippen molar-refractivity contribution in [1.82, 2.24) is 4.57 Å². The smallest absolute Gasteiger partial charge is 0.339 e. The Morgan fingerprint density at radius 1 is 1.18 bits per heavy atom. The summed E-state index contributed by atoms with van der Waals surface area (Å²) in [7, 11) is 1.33. The van der Waals surface area contributed by atoms with Gasteiger partial charge in [0.1, 0.15) is 36.3 Å². The van der Waals surface area contributed by atoms with Crippen LogP contribution in [0.4, 0.5) is 8.78 Å². The zero-order chi connectivity index (χ0) is 19.7. The Hall–Kier alpha value is -3.35. The normalized spacial score (nSPS) is 12.4. The van der Waals surface area contributed by atoms with Crippen LogP contribution in [0.1, 0.15) is 15.9 Å². The number of nitrogens with zero attached hydrogens (tertiary/aromatic N) is 1. The summed E-state index contributed by atoms with van der Waals surface area (Å²) in [5, 5.41) is 0. The van der Waals surface area contributed by atoms with Crippen molar-refractivity contribution in [3.8, 4) is 22.8 Å². The Morgan fingerprint density at radius 2 is 1.96 bits per heavy atom. The summed E-state index contributed by atoms with van der Waals surface area (Å²) in [4.78, 5) is 11.9. The molecular weight excluding hydrogens is 368 g/mol. The molecular formula is C21H17F2NO4. The molecule has 0 N–H and O–H groups in total. The van der Waals surface area contributed by atoms with E-state index in [9.17, 15) is 13.6 Å². The summed E-state index contributed by atoms with van der Waals surface area (Å²) in [5.41, 5.74) is 2.21. The maximum absolute atomic E-state index is 13.4. The Labute approximate surface area is 160 Å². The van der Waals surface area contributed by atoms with E-state index in [-0.39, 0.29) is 6.61 Å². The van der Waals surface area contributed by atoms with E-state index in [1.165, 1.54) is 19.2 Å². The molecule has 144 valence electrons. The van der Waals surface area contributed by atoms with Gasteiger partial charge in [0, 0.05) is 12.3 Å². The minimum absolute atomic E-state index is 0.0182. The molecule has 0 fully saturated rings. The first-order valence-electron chi connectivity index (χ1n) is 8.67. The molecule has 1 aliphatic rings. The number of rotatable bonds is 4. The molecule has 0 radical (unpaired) electrons. The second-order valence-corrected chi connectivity index (χ2v) is 6.34. The van der Waals surface area contributed by atoms with E-state index in [0.29, 0.717) is 41.3 Å². The number of hydrogen-bond donors (Lipinski definition) is 0. The largest absolute Gasteiger partial charge is 0.491 e. The highest BCUT2D eigenvalue weighted by atomic mass is 19.1. The van der Waals surface area contributed by atoms with Gasteiger partial charge in [0.2, 0.25) is 0 Å². The highest BCUT2D eigenvalue weighted by molar-refractivity contribution is 5.92. The third-order valence-corrected chi connectivity index (χ3v) is 4.47. The maximum atomic E-state index is 13.4. The Balaban J connectivity index is 1.71. The van der Waals surface area contributed by atoms with Crippen LogP contribution < -0.4 is 9.47 Å². The standard InChI is InChI=1S/C21H17F2NO4/c1-26-21(25)14-9-17-20-18(27-6-5-24(17)11-14)3-2-4-19(20)28-12-13-7-15(22)10-16(23)8-13/h2-4,7-11H,5-6,12H2,1H3.